The number of hydrogen-bond acceptors (Lipinski definition) is 4. The summed E-state index contributed by atoms with van der Waals surface area (Å²) in [5.41, 5.74) is 0.850. The summed E-state index contributed by atoms with van der Waals surface area (Å²) < 4.78 is 11.0. The minimum atomic E-state index is -0.447. The first-order chi connectivity index (χ1) is 8.63. The molecule has 0 aliphatic rings. The van der Waals surface area contributed by atoms with Crippen molar-refractivity contribution >= 4 is 21.9 Å². The van der Waals surface area contributed by atoms with Crippen molar-refractivity contribution in [3.05, 3.63) is 28.2 Å². The van der Waals surface area contributed by atoms with Crippen LogP contribution in [0.3, 0.4) is 0 Å². The Morgan fingerprint density at radius 1 is 1.44 bits per heavy atom. The van der Waals surface area contributed by atoms with Crippen LogP contribution in [0.4, 0.5) is 0 Å². The van der Waals surface area contributed by atoms with Gasteiger partial charge >= 0.3 is 5.97 Å². The number of carbonyl (C=O) groups excluding carboxylic acids is 1. The number of esters is 1. The van der Waals surface area contributed by atoms with Gasteiger partial charge in [-0.05, 0) is 47.1 Å². The molecule has 0 saturated carbocycles. The Hall–Kier alpha value is -1.07. The van der Waals surface area contributed by atoms with Gasteiger partial charge in [0.1, 0.15) is 11.8 Å². The second-order valence-electron chi connectivity index (χ2n) is 3.64. The number of hydrogen-bond donors (Lipinski definition) is 1. The van der Waals surface area contributed by atoms with Crippen molar-refractivity contribution in [2.24, 2.45) is 0 Å². The summed E-state index contributed by atoms with van der Waals surface area (Å²) in [5, 5.41) is 3.11. The first-order valence-corrected chi connectivity index (χ1v) is 6.66. The Balaban J connectivity index is 2.98. The van der Waals surface area contributed by atoms with Gasteiger partial charge in [-0.25, -0.2) is 4.79 Å². The lowest BCUT2D eigenvalue weighted by Crippen LogP contribution is -2.30. The van der Waals surface area contributed by atoms with Crippen LogP contribution in [0.25, 0.3) is 0 Å². The minimum absolute atomic E-state index is 0.267. The maximum absolute atomic E-state index is 11.9. The third kappa shape index (κ3) is 3.71. The van der Waals surface area contributed by atoms with Gasteiger partial charge in [0.25, 0.3) is 0 Å². The molecule has 1 N–H and O–H groups in total. The van der Waals surface area contributed by atoms with Crippen LogP contribution < -0.4 is 10.1 Å². The van der Waals surface area contributed by atoms with Crippen LogP contribution in [0.5, 0.6) is 5.75 Å². The lowest BCUT2D eigenvalue weighted by Gasteiger charge is -2.17. The smallest absolute Gasteiger partial charge is 0.327 e. The van der Waals surface area contributed by atoms with E-state index in [1.165, 1.54) is 0 Å². The van der Waals surface area contributed by atoms with Crippen molar-refractivity contribution in [3.63, 3.8) is 0 Å². The highest BCUT2D eigenvalue weighted by Gasteiger charge is 2.21. The van der Waals surface area contributed by atoms with Crippen LogP contribution in [0.2, 0.25) is 0 Å². The molecule has 5 heteroatoms. The molecule has 0 bridgehead atoms. The highest BCUT2D eigenvalue weighted by Crippen LogP contribution is 2.28. The molecular weight excluding hydrogens is 298 g/mol. The molecule has 1 unspecified atom stereocenters. The maximum Gasteiger partial charge on any atom is 0.327 e. The zero-order chi connectivity index (χ0) is 13.5. The monoisotopic (exact) mass is 315 g/mol. The van der Waals surface area contributed by atoms with E-state index in [4.69, 9.17) is 9.47 Å². The van der Waals surface area contributed by atoms with Gasteiger partial charge in [0, 0.05) is 0 Å². The Bertz CT molecular complexity index is 409. The lowest BCUT2D eigenvalue weighted by atomic mass is 10.1. The fourth-order valence-electron chi connectivity index (χ4n) is 1.63. The minimum Gasteiger partial charge on any atom is -0.496 e. The second kappa shape index (κ2) is 7.38. The molecule has 0 aromatic heterocycles. The summed E-state index contributed by atoms with van der Waals surface area (Å²) in [7, 11) is 1.60. The SMILES string of the molecule is CCNC(C(=O)OCC)c1ccc(OC)c(Br)c1. The van der Waals surface area contributed by atoms with Crippen molar-refractivity contribution in [1.29, 1.82) is 0 Å². The number of ether oxygens (including phenoxy) is 2. The number of benzene rings is 1. The van der Waals surface area contributed by atoms with E-state index < -0.39 is 6.04 Å². The van der Waals surface area contributed by atoms with Crippen molar-refractivity contribution < 1.29 is 14.3 Å². The van der Waals surface area contributed by atoms with E-state index in [1.807, 2.05) is 25.1 Å². The summed E-state index contributed by atoms with van der Waals surface area (Å²) in [6, 6.07) is 5.09. The van der Waals surface area contributed by atoms with Gasteiger partial charge in [-0.1, -0.05) is 13.0 Å². The largest absolute Gasteiger partial charge is 0.496 e. The van der Waals surface area contributed by atoms with Crippen LogP contribution in [-0.2, 0) is 9.53 Å². The molecule has 0 radical (unpaired) electrons. The predicted octanol–water partition coefficient (Wildman–Crippen LogP) is 2.67. The van der Waals surface area contributed by atoms with Gasteiger partial charge in [0.2, 0.25) is 0 Å². The van der Waals surface area contributed by atoms with E-state index in [1.54, 1.807) is 14.0 Å². The van der Waals surface area contributed by atoms with Crippen LogP contribution >= 0.6 is 15.9 Å². The topological polar surface area (TPSA) is 47.6 Å². The Morgan fingerprint density at radius 2 is 2.17 bits per heavy atom. The molecule has 0 saturated heterocycles. The van der Waals surface area contributed by atoms with Crippen LogP contribution in [-0.4, -0.2) is 26.2 Å². The average molecular weight is 316 g/mol. The average Bonchev–Trinajstić information content (AvgIpc) is 2.36. The number of likely N-dealkylation sites (N-methyl/N-ethyl adjacent to an activating group) is 1. The van der Waals surface area contributed by atoms with E-state index in [9.17, 15) is 4.79 Å². The molecule has 0 aliphatic carbocycles. The summed E-state index contributed by atoms with van der Waals surface area (Å²) >= 11 is 3.41. The van der Waals surface area contributed by atoms with Crippen LogP contribution in [0, 0.1) is 0 Å². The van der Waals surface area contributed by atoms with Gasteiger partial charge in [-0.2, -0.15) is 0 Å². The molecule has 1 rings (SSSR count). The van der Waals surface area contributed by atoms with Gasteiger partial charge in [-0.15, -0.1) is 0 Å². The third-order valence-corrected chi connectivity index (χ3v) is 3.06. The van der Waals surface area contributed by atoms with E-state index in [0.717, 1.165) is 15.8 Å². The molecule has 18 heavy (non-hydrogen) atoms. The number of carbonyl (C=O) groups is 1. The second-order valence-corrected chi connectivity index (χ2v) is 4.49. The predicted molar refractivity (Wildman–Crippen MR) is 73.7 cm³/mol. The highest BCUT2D eigenvalue weighted by molar-refractivity contribution is 9.10. The number of nitrogens with one attached hydrogen (secondary N) is 1. The fourth-order valence-corrected chi connectivity index (χ4v) is 2.19. The molecule has 1 atom stereocenters. The Kier molecular flexibility index (Phi) is 6.15. The van der Waals surface area contributed by atoms with Crippen LogP contribution in [0.1, 0.15) is 25.5 Å². The van der Waals surface area contributed by atoms with Crippen molar-refractivity contribution in [1.82, 2.24) is 5.32 Å². The molecule has 0 aliphatic heterocycles. The Labute approximate surface area is 116 Å². The van der Waals surface area contributed by atoms with Crippen molar-refractivity contribution in [2.45, 2.75) is 19.9 Å². The molecule has 4 nitrogen and oxygen atoms in total. The summed E-state index contributed by atoms with van der Waals surface area (Å²) in [6.45, 7) is 4.81. The zero-order valence-corrected chi connectivity index (χ0v) is 12.4. The van der Waals surface area contributed by atoms with Crippen molar-refractivity contribution in [2.75, 3.05) is 20.3 Å². The maximum atomic E-state index is 11.9. The van der Waals surface area contributed by atoms with E-state index in [0.29, 0.717) is 13.2 Å². The number of rotatable bonds is 6. The highest BCUT2D eigenvalue weighted by atomic mass is 79.9. The first kappa shape index (κ1) is 15.0. The summed E-state index contributed by atoms with van der Waals surface area (Å²) in [4.78, 5) is 11.9. The van der Waals surface area contributed by atoms with Gasteiger partial charge in [0.05, 0.1) is 18.2 Å². The standard InChI is InChI=1S/C13H18BrNO3/c1-4-15-12(13(16)18-5-2)9-6-7-11(17-3)10(14)8-9/h6-8,12,15H,4-5H2,1-3H3. The van der Waals surface area contributed by atoms with E-state index >= 15 is 0 Å². The first-order valence-electron chi connectivity index (χ1n) is 5.87. The third-order valence-electron chi connectivity index (χ3n) is 2.44. The molecule has 1 aromatic rings. The van der Waals surface area contributed by atoms with Gasteiger partial charge < -0.3 is 14.8 Å². The van der Waals surface area contributed by atoms with Crippen LogP contribution in [0.15, 0.2) is 22.7 Å². The fraction of sp³-hybridized carbons (Fsp3) is 0.462. The normalized spacial score (nSPS) is 12.0. The summed E-state index contributed by atoms with van der Waals surface area (Å²) in [6.07, 6.45) is 0. The molecule has 1 aromatic carbocycles. The molecule has 100 valence electrons. The number of methoxy groups -OCH3 is 1. The number of halogens is 1. The summed E-state index contributed by atoms with van der Waals surface area (Å²) in [5.74, 6) is 0.467. The zero-order valence-electron chi connectivity index (χ0n) is 10.8. The molecule has 0 fully saturated rings. The lowest BCUT2D eigenvalue weighted by molar-refractivity contribution is -0.145. The molecule has 0 amide bonds. The van der Waals surface area contributed by atoms with E-state index in [2.05, 4.69) is 21.2 Å². The molecular formula is C13H18BrNO3. The van der Waals surface area contributed by atoms with Gasteiger partial charge in [-0.3, -0.25) is 0 Å². The molecule has 0 heterocycles. The molecule has 0 spiro atoms. The Morgan fingerprint density at radius 3 is 2.67 bits per heavy atom. The van der Waals surface area contributed by atoms with E-state index in [-0.39, 0.29) is 5.97 Å². The quantitative estimate of drug-likeness (QED) is 0.820. The van der Waals surface area contributed by atoms with Crippen molar-refractivity contribution in [3.8, 4) is 5.75 Å². The van der Waals surface area contributed by atoms with Gasteiger partial charge in [0.15, 0.2) is 0 Å².